The van der Waals surface area contributed by atoms with Gasteiger partial charge in [0.2, 0.25) is 5.88 Å². The molecule has 0 aliphatic carbocycles. The van der Waals surface area contributed by atoms with E-state index in [9.17, 15) is 4.79 Å². The zero-order chi connectivity index (χ0) is 36.6. The molecule has 0 fully saturated rings. The average Bonchev–Trinajstić information content (AvgIpc) is 4.02. The SMILES string of the molecule is CCOC(=O)/C=C/c1cn(Cc2ccc(OCc3nc(-c4ccco4)oc3C)cc2)nc1OCc1ccc(OCc2nc(-c3ccco3)oc2C)cc1. The number of aryl methyl sites for hydroxylation is 2. The molecule has 0 saturated carbocycles. The summed E-state index contributed by atoms with van der Waals surface area (Å²) < 4.78 is 47.1. The minimum atomic E-state index is -0.451. The third-order valence-corrected chi connectivity index (χ3v) is 8.01. The molecule has 0 amide bonds. The first-order valence-electron chi connectivity index (χ1n) is 16.9. The summed E-state index contributed by atoms with van der Waals surface area (Å²) in [5.74, 6) is 4.55. The fourth-order valence-electron chi connectivity index (χ4n) is 5.23. The Bertz CT molecular complexity index is 2260. The van der Waals surface area contributed by atoms with Crippen molar-refractivity contribution in [3.63, 3.8) is 0 Å². The van der Waals surface area contributed by atoms with Crippen molar-refractivity contribution in [3.8, 4) is 40.7 Å². The van der Waals surface area contributed by atoms with E-state index in [0.717, 1.165) is 11.1 Å². The van der Waals surface area contributed by atoms with Crippen molar-refractivity contribution in [2.24, 2.45) is 0 Å². The maximum absolute atomic E-state index is 12.1. The Labute approximate surface area is 304 Å². The Morgan fingerprint density at radius 3 is 1.83 bits per heavy atom. The van der Waals surface area contributed by atoms with Crippen LogP contribution in [0.3, 0.4) is 0 Å². The van der Waals surface area contributed by atoms with Crippen molar-refractivity contribution in [3.05, 3.63) is 137 Å². The van der Waals surface area contributed by atoms with E-state index in [1.54, 1.807) is 54.5 Å². The quantitative estimate of drug-likeness (QED) is 0.0698. The number of oxazole rings is 2. The predicted octanol–water partition coefficient (Wildman–Crippen LogP) is 8.36. The summed E-state index contributed by atoms with van der Waals surface area (Å²) in [6.45, 7) is 6.90. The molecule has 53 heavy (non-hydrogen) atoms. The molecule has 13 nitrogen and oxygen atoms in total. The van der Waals surface area contributed by atoms with Crippen LogP contribution in [-0.4, -0.2) is 32.3 Å². The van der Waals surface area contributed by atoms with Crippen molar-refractivity contribution in [2.75, 3.05) is 6.61 Å². The van der Waals surface area contributed by atoms with E-state index >= 15 is 0 Å². The number of carbonyl (C=O) groups excluding carboxylic acids is 1. The van der Waals surface area contributed by atoms with Crippen LogP contribution in [0.15, 0.2) is 115 Å². The number of benzene rings is 2. The van der Waals surface area contributed by atoms with Crippen LogP contribution >= 0.6 is 0 Å². The molecule has 0 bridgehead atoms. The number of esters is 1. The van der Waals surface area contributed by atoms with Gasteiger partial charge in [-0.05, 0) is 86.5 Å². The molecular formula is C40H36N4O9. The summed E-state index contributed by atoms with van der Waals surface area (Å²) in [5.41, 5.74) is 3.89. The first-order chi connectivity index (χ1) is 25.9. The minimum Gasteiger partial charge on any atom is -0.487 e. The second-order valence-electron chi connectivity index (χ2n) is 11.8. The van der Waals surface area contributed by atoms with Crippen LogP contribution < -0.4 is 14.2 Å². The first kappa shape index (κ1) is 34.7. The molecule has 5 aromatic heterocycles. The Kier molecular flexibility index (Phi) is 10.5. The maximum Gasteiger partial charge on any atom is 0.330 e. The summed E-state index contributed by atoms with van der Waals surface area (Å²) in [6, 6.07) is 22.4. The van der Waals surface area contributed by atoms with Gasteiger partial charge in [0.05, 0.1) is 31.2 Å². The van der Waals surface area contributed by atoms with Gasteiger partial charge in [-0.2, -0.15) is 0 Å². The van der Waals surface area contributed by atoms with E-state index < -0.39 is 5.97 Å². The molecule has 5 heterocycles. The predicted molar refractivity (Wildman–Crippen MR) is 191 cm³/mol. The zero-order valence-corrected chi connectivity index (χ0v) is 29.3. The van der Waals surface area contributed by atoms with Crippen molar-refractivity contribution in [1.82, 2.24) is 19.7 Å². The molecule has 7 aromatic rings. The van der Waals surface area contributed by atoms with Gasteiger partial charge >= 0.3 is 5.97 Å². The highest BCUT2D eigenvalue weighted by Crippen LogP contribution is 2.26. The van der Waals surface area contributed by atoms with Crippen molar-refractivity contribution < 1.29 is 41.4 Å². The van der Waals surface area contributed by atoms with Gasteiger partial charge in [-0.25, -0.2) is 14.8 Å². The number of hydrogen-bond donors (Lipinski definition) is 0. The molecule has 13 heteroatoms. The number of nitrogens with zero attached hydrogens (tertiary/aromatic N) is 4. The first-order valence-corrected chi connectivity index (χ1v) is 16.9. The third kappa shape index (κ3) is 8.76. The summed E-state index contributed by atoms with van der Waals surface area (Å²) in [7, 11) is 0. The van der Waals surface area contributed by atoms with Crippen LogP contribution in [0.2, 0.25) is 0 Å². The molecule has 0 aliphatic rings. The van der Waals surface area contributed by atoms with E-state index in [1.807, 2.05) is 68.6 Å². The second-order valence-corrected chi connectivity index (χ2v) is 11.8. The highest BCUT2D eigenvalue weighted by Gasteiger charge is 2.16. The number of aromatic nitrogens is 4. The standard InChI is InChI=1S/C40H36N4O9/c1-4-46-37(45)18-13-30-22-44(21-28-9-14-31(15-10-28)49-24-33-26(2)52-39(41-33)35-7-5-19-47-35)43-38(30)51-23-29-11-16-32(17-12-29)50-25-34-27(3)53-40(42-34)36-8-6-20-48-36/h5-20,22H,4,21,23-25H2,1-3H3/b18-13+. The smallest absolute Gasteiger partial charge is 0.330 e. The van der Waals surface area contributed by atoms with Gasteiger partial charge < -0.3 is 36.6 Å². The van der Waals surface area contributed by atoms with Crippen molar-refractivity contribution in [2.45, 2.75) is 47.1 Å². The molecule has 270 valence electrons. The summed E-state index contributed by atoms with van der Waals surface area (Å²) in [5, 5.41) is 4.67. The molecule has 0 radical (unpaired) electrons. The van der Waals surface area contributed by atoms with E-state index in [4.69, 9.17) is 36.6 Å². The summed E-state index contributed by atoms with van der Waals surface area (Å²) in [4.78, 5) is 21.1. The lowest BCUT2D eigenvalue weighted by Crippen LogP contribution is -2.02. The summed E-state index contributed by atoms with van der Waals surface area (Å²) in [6.07, 6.45) is 7.96. The van der Waals surface area contributed by atoms with Gasteiger partial charge in [0.15, 0.2) is 11.5 Å². The van der Waals surface area contributed by atoms with E-state index in [0.29, 0.717) is 75.7 Å². The number of carbonyl (C=O) groups is 1. The average molecular weight is 717 g/mol. The Morgan fingerprint density at radius 2 is 1.30 bits per heavy atom. The van der Waals surface area contributed by atoms with Gasteiger partial charge in [-0.1, -0.05) is 24.3 Å². The van der Waals surface area contributed by atoms with Crippen molar-refractivity contribution in [1.29, 1.82) is 0 Å². The van der Waals surface area contributed by atoms with Gasteiger partial charge in [-0.15, -0.1) is 5.10 Å². The monoisotopic (exact) mass is 716 g/mol. The van der Waals surface area contributed by atoms with Crippen LogP contribution in [0.5, 0.6) is 17.4 Å². The van der Waals surface area contributed by atoms with Gasteiger partial charge in [-0.3, -0.25) is 4.68 Å². The molecule has 0 N–H and O–H groups in total. The number of rotatable bonds is 16. The van der Waals surface area contributed by atoms with Crippen LogP contribution in [0.25, 0.3) is 29.4 Å². The normalized spacial score (nSPS) is 11.3. The van der Waals surface area contributed by atoms with E-state index in [2.05, 4.69) is 15.1 Å². The molecular weight excluding hydrogens is 680 g/mol. The lowest BCUT2D eigenvalue weighted by Gasteiger charge is -2.08. The van der Waals surface area contributed by atoms with Crippen LogP contribution in [0.1, 0.15) is 46.5 Å². The molecule has 0 aliphatic heterocycles. The fourth-order valence-corrected chi connectivity index (χ4v) is 5.23. The van der Waals surface area contributed by atoms with Crippen molar-refractivity contribution >= 4 is 12.0 Å². The Hall–Kier alpha value is -6.76. The molecule has 0 spiro atoms. The minimum absolute atomic E-state index is 0.242. The van der Waals surface area contributed by atoms with Gasteiger partial charge in [0.25, 0.3) is 11.8 Å². The van der Waals surface area contributed by atoms with Gasteiger partial charge in [0, 0.05) is 12.3 Å². The molecule has 0 saturated heterocycles. The lowest BCUT2D eigenvalue weighted by atomic mass is 10.2. The van der Waals surface area contributed by atoms with Crippen LogP contribution in [0, 0.1) is 13.8 Å². The van der Waals surface area contributed by atoms with Gasteiger partial charge in [0.1, 0.15) is 54.2 Å². The molecule has 0 atom stereocenters. The number of furan rings is 2. The molecule has 2 aromatic carbocycles. The number of hydrogen-bond acceptors (Lipinski definition) is 12. The van der Waals surface area contributed by atoms with Crippen LogP contribution in [0.4, 0.5) is 0 Å². The van der Waals surface area contributed by atoms with Crippen LogP contribution in [-0.2, 0) is 35.9 Å². The molecule has 0 unspecified atom stereocenters. The van der Waals surface area contributed by atoms with E-state index in [-0.39, 0.29) is 26.4 Å². The maximum atomic E-state index is 12.1. The Morgan fingerprint density at radius 1 is 0.736 bits per heavy atom. The fraction of sp³-hybridized carbons (Fsp3) is 0.200. The Balaban J connectivity index is 0.960. The second kappa shape index (κ2) is 16.1. The van der Waals surface area contributed by atoms with E-state index in [1.165, 1.54) is 6.08 Å². The largest absolute Gasteiger partial charge is 0.487 e. The highest BCUT2D eigenvalue weighted by atomic mass is 16.5. The highest BCUT2D eigenvalue weighted by molar-refractivity contribution is 5.87. The topological polar surface area (TPSA) is 150 Å². The zero-order valence-electron chi connectivity index (χ0n) is 29.3. The lowest BCUT2D eigenvalue weighted by molar-refractivity contribution is -0.137. The molecule has 7 rings (SSSR count). The number of ether oxygens (including phenoxy) is 4. The third-order valence-electron chi connectivity index (χ3n) is 8.01. The summed E-state index contributed by atoms with van der Waals surface area (Å²) >= 11 is 0.